The molecule has 26 heavy (non-hydrogen) atoms. The molecule has 9 heteroatoms. The van der Waals surface area contributed by atoms with Gasteiger partial charge < -0.3 is 20.7 Å². The molecule has 0 fully saturated rings. The number of alkyl carbamates (subject to hydrolysis) is 1. The number of nitrogens with zero attached hydrogens (tertiary/aromatic N) is 1. The highest BCUT2D eigenvalue weighted by atomic mass is 32.1. The van der Waals surface area contributed by atoms with E-state index >= 15 is 0 Å². The molecule has 3 amide bonds. The van der Waals surface area contributed by atoms with Gasteiger partial charge in [0.1, 0.15) is 6.04 Å². The zero-order valence-corrected chi connectivity index (χ0v) is 15.9. The summed E-state index contributed by atoms with van der Waals surface area (Å²) in [6, 6.07) is 4.56. The zero-order chi connectivity index (χ0) is 19.3. The fourth-order valence-electron chi connectivity index (χ4n) is 2.28. The van der Waals surface area contributed by atoms with E-state index in [4.69, 9.17) is 4.74 Å². The molecule has 0 aliphatic rings. The summed E-state index contributed by atoms with van der Waals surface area (Å²) >= 11 is 1.29. The SMILES string of the molecule is CCOC(=O)N[C@H](C(=O)Nc1nc2ccc(NC(C)=O)cc2s1)C(C)C. The maximum absolute atomic E-state index is 12.5. The standard InChI is InChI=1S/C17H22N4O4S/c1-5-25-17(24)20-14(9(2)3)15(23)21-16-19-12-7-6-11(18-10(4)22)8-13(12)26-16/h6-9,14H,5H2,1-4H3,(H,18,22)(H,20,24)(H,19,21,23)/t14-/m0/s1. The Balaban J connectivity index is 2.13. The minimum absolute atomic E-state index is 0.125. The molecule has 140 valence electrons. The van der Waals surface area contributed by atoms with Gasteiger partial charge in [0.05, 0.1) is 16.8 Å². The summed E-state index contributed by atoms with van der Waals surface area (Å²) < 4.78 is 5.66. The third-order valence-electron chi connectivity index (χ3n) is 3.44. The Hall–Kier alpha value is -2.68. The summed E-state index contributed by atoms with van der Waals surface area (Å²) in [7, 11) is 0. The number of thiazole rings is 1. The normalized spacial score (nSPS) is 11.9. The molecule has 0 unspecified atom stereocenters. The molecule has 2 aromatic rings. The number of hydrogen-bond donors (Lipinski definition) is 3. The second-order valence-electron chi connectivity index (χ2n) is 5.96. The highest BCUT2D eigenvalue weighted by Gasteiger charge is 2.25. The fourth-order valence-corrected chi connectivity index (χ4v) is 3.19. The van der Waals surface area contributed by atoms with Crippen molar-refractivity contribution in [3.05, 3.63) is 18.2 Å². The van der Waals surface area contributed by atoms with E-state index in [0.717, 1.165) is 4.70 Å². The number of amides is 3. The van der Waals surface area contributed by atoms with Crippen LogP contribution in [0, 0.1) is 5.92 Å². The summed E-state index contributed by atoms with van der Waals surface area (Å²) in [6.45, 7) is 7.02. The number of ether oxygens (including phenoxy) is 1. The van der Waals surface area contributed by atoms with Crippen LogP contribution in [0.2, 0.25) is 0 Å². The van der Waals surface area contributed by atoms with Crippen LogP contribution in [0.5, 0.6) is 0 Å². The molecule has 0 aliphatic carbocycles. The van der Waals surface area contributed by atoms with Crippen LogP contribution in [0.15, 0.2) is 18.2 Å². The number of fused-ring (bicyclic) bond motifs is 1. The lowest BCUT2D eigenvalue weighted by Gasteiger charge is -2.20. The van der Waals surface area contributed by atoms with E-state index in [-0.39, 0.29) is 24.3 Å². The van der Waals surface area contributed by atoms with Crippen molar-refractivity contribution in [1.29, 1.82) is 0 Å². The molecule has 0 radical (unpaired) electrons. The number of carbonyl (C=O) groups is 3. The van der Waals surface area contributed by atoms with E-state index in [9.17, 15) is 14.4 Å². The second-order valence-corrected chi connectivity index (χ2v) is 6.99. The van der Waals surface area contributed by atoms with Crippen LogP contribution >= 0.6 is 11.3 Å². The quantitative estimate of drug-likeness (QED) is 0.716. The zero-order valence-electron chi connectivity index (χ0n) is 15.1. The van der Waals surface area contributed by atoms with E-state index in [1.807, 2.05) is 13.8 Å². The van der Waals surface area contributed by atoms with Crippen molar-refractivity contribution in [2.24, 2.45) is 5.92 Å². The van der Waals surface area contributed by atoms with Crippen molar-refractivity contribution in [3.8, 4) is 0 Å². The topological polar surface area (TPSA) is 109 Å². The first-order valence-electron chi connectivity index (χ1n) is 8.22. The lowest BCUT2D eigenvalue weighted by atomic mass is 10.0. The molecule has 3 N–H and O–H groups in total. The van der Waals surface area contributed by atoms with Crippen molar-refractivity contribution >= 4 is 50.3 Å². The van der Waals surface area contributed by atoms with Crippen LogP contribution in [0.25, 0.3) is 10.2 Å². The van der Waals surface area contributed by atoms with Gasteiger partial charge in [-0.25, -0.2) is 9.78 Å². The van der Waals surface area contributed by atoms with Crippen LogP contribution in [0.3, 0.4) is 0 Å². The Bertz CT molecular complexity index is 818. The van der Waals surface area contributed by atoms with Gasteiger partial charge in [0.2, 0.25) is 11.8 Å². The first kappa shape index (κ1) is 19.6. The van der Waals surface area contributed by atoms with Gasteiger partial charge in [0.15, 0.2) is 5.13 Å². The third-order valence-corrected chi connectivity index (χ3v) is 4.37. The minimum Gasteiger partial charge on any atom is -0.450 e. The first-order valence-corrected chi connectivity index (χ1v) is 9.04. The number of carbonyl (C=O) groups excluding carboxylic acids is 3. The van der Waals surface area contributed by atoms with Crippen molar-refractivity contribution in [2.75, 3.05) is 17.2 Å². The van der Waals surface area contributed by atoms with E-state index in [1.54, 1.807) is 25.1 Å². The van der Waals surface area contributed by atoms with Gasteiger partial charge in [-0.05, 0) is 31.0 Å². The Morgan fingerprint density at radius 3 is 2.58 bits per heavy atom. The van der Waals surface area contributed by atoms with Crippen molar-refractivity contribution in [1.82, 2.24) is 10.3 Å². The molecule has 1 heterocycles. The average molecular weight is 378 g/mol. The van der Waals surface area contributed by atoms with Gasteiger partial charge in [-0.1, -0.05) is 25.2 Å². The highest BCUT2D eigenvalue weighted by molar-refractivity contribution is 7.22. The Morgan fingerprint density at radius 2 is 1.96 bits per heavy atom. The van der Waals surface area contributed by atoms with E-state index < -0.39 is 12.1 Å². The predicted molar refractivity (Wildman–Crippen MR) is 101 cm³/mol. The fraction of sp³-hybridized carbons (Fsp3) is 0.412. The molecule has 0 saturated carbocycles. The molecule has 0 bridgehead atoms. The van der Waals surface area contributed by atoms with Crippen molar-refractivity contribution < 1.29 is 19.1 Å². The molecular weight excluding hydrogens is 356 g/mol. The van der Waals surface area contributed by atoms with Crippen LogP contribution in [-0.4, -0.2) is 35.5 Å². The number of benzene rings is 1. The average Bonchev–Trinajstić information content (AvgIpc) is 2.93. The van der Waals surface area contributed by atoms with Crippen LogP contribution in [0.1, 0.15) is 27.7 Å². The molecule has 8 nitrogen and oxygen atoms in total. The smallest absolute Gasteiger partial charge is 0.407 e. The highest BCUT2D eigenvalue weighted by Crippen LogP contribution is 2.28. The van der Waals surface area contributed by atoms with Gasteiger partial charge in [-0.2, -0.15) is 0 Å². The minimum atomic E-state index is -0.740. The maximum Gasteiger partial charge on any atom is 0.407 e. The number of anilines is 2. The van der Waals surface area contributed by atoms with E-state index in [2.05, 4.69) is 20.9 Å². The molecule has 0 aliphatic heterocycles. The summed E-state index contributed by atoms with van der Waals surface area (Å²) in [5.74, 6) is -0.651. The number of hydrogen-bond acceptors (Lipinski definition) is 6. The molecule has 0 spiro atoms. The van der Waals surface area contributed by atoms with Gasteiger partial charge in [0, 0.05) is 12.6 Å². The summed E-state index contributed by atoms with van der Waals surface area (Å²) in [5.41, 5.74) is 1.37. The van der Waals surface area contributed by atoms with Gasteiger partial charge in [-0.15, -0.1) is 0 Å². The molecule has 1 atom stereocenters. The van der Waals surface area contributed by atoms with Gasteiger partial charge >= 0.3 is 6.09 Å². The number of aromatic nitrogens is 1. The summed E-state index contributed by atoms with van der Waals surface area (Å²) in [4.78, 5) is 39.6. The first-order chi connectivity index (χ1) is 12.3. The summed E-state index contributed by atoms with van der Waals surface area (Å²) in [5, 5.41) is 8.41. The largest absolute Gasteiger partial charge is 0.450 e. The Labute approximate surface area is 155 Å². The van der Waals surface area contributed by atoms with Crippen LogP contribution in [-0.2, 0) is 14.3 Å². The molecule has 1 aromatic carbocycles. The number of rotatable bonds is 6. The van der Waals surface area contributed by atoms with Gasteiger partial charge in [0.25, 0.3) is 0 Å². The lowest BCUT2D eigenvalue weighted by molar-refractivity contribution is -0.119. The monoisotopic (exact) mass is 378 g/mol. The summed E-state index contributed by atoms with van der Waals surface area (Å²) in [6.07, 6.45) is -0.634. The van der Waals surface area contributed by atoms with E-state index in [1.165, 1.54) is 18.3 Å². The molecule has 2 rings (SSSR count). The second kappa shape index (κ2) is 8.61. The maximum atomic E-state index is 12.5. The molecule has 1 aromatic heterocycles. The van der Waals surface area contributed by atoms with Crippen LogP contribution < -0.4 is 16.0 Å². The van der Waals surface area contributed by atoms with Crippen LogP contribution in [0.4, 0.5) is 15.6 Å². The van der Waals surface area contributed by atoms with Gasteiger partial charge in [-0.3, -0.25) is 9.59 Å². The number of nitrogens with one attached hydrogen (secondary N) is 3. The molecular formula is C17H22N4O4S. The third kappa shape index (κ3) is 5.16. The molecule has 0 saturated heterocycles. The lowest BCUT2D eigenvalue weighted by Crippen LogP contribution is -2.47. The predicted octanol–water partition coefficient (Wildman–Crippen LogP) is 2.96. The van der Waals surface area contributed by atoms with Crippen molar-refractivity contribution in [3.63, 3.8) is 0 Å². The van der Waals surface area contributed by atoms with Crippen molar-refractivity contribution in [2.45, 2.75) is 33.7 Å². The Kier molecular flexibility index (Phi) is 6.51. The Morgan fingerprint density at radius 1 is 1.23 bits per heavy atom. The van der Waals surface area contributed by atoms with E-state index in [0.29, 0.717) is 16.3 Å².